The van der Waals surface area contributed by atoms with Crippen molar-refractivity contribution in [3.63, 3.8) is 0 Å². The summed E-state index contributed by atoms with van der Waals surface area (Å²) < 4.78 is 36.7. The Balaban J connectivity index is 2.32. The summed E-state index contributed by atoms with van der Waals surface area (Å²) in [6.07, 6.45) is 0. The Labute approximate surface area is 120 Å². The number of halogens is 2. The van der Waals surface area contributed by atoms with Gasteiger partial charge in [-0.1, -0.05) is 0 Å². The molecule has 0 aliphatic rings. The lowest BCUT2D eigenvalue weighted by molar-refractivity contribution is 0.0527. The summed E-state index contributed by atoms with van der Waals surface area (Å²) in [5, 5.41) is 0. The molecule has 0 radical (unpaired) electrons. The first-order chi connectivity index (χ1) is 10.0. The fourth-order valence-electron chi connectivity index (χ4n) is 1.66. The van der Waals surface area contributed by atoms with Crippen molar-refractivity contribution in [3.05, 3.63) is 53.6 Å². The molecule has 0 bridgehead atoms. The number of hydrogen-bond donors (Lipinski definition) is 1. The van der Waals surface area contributed by atoms with Gasteiger partial charge in [0.1, 0.15) is 11.6 Å². The van der Waals surface area contributed by atoms with E-state index in [4.69, 9.17) is 15.2 Å². The average molecular weight is 293 g/mol. The van der Waals surface area contributed by atoms with Gasteiger partial charge in [0.05, 0.1) is 12.2 Å². The minimum absolute atomic E-state index is 0.00959. The van der Waals surface area contributed by atoms with Gasteiger partial charge in [-0.15, -0.1) is 0 Å². The van der Waals surface area contributed by atoms with Crippen LogP contribution in [-0.4, -0.2) is 12.6 Å². The van der Waals surface area contributed by atoms with Crippen LogP contribution in [0.5, 0.6) is 11.5 Å². The predicted octanol–water partition coefficient (Wildman–Crippen LogP) is 3.52. The number of nitrogens with two attached hydrogens (primary N) is 1. The maximum absolute atomic E-state index is 13.8. The Morgan fingerprint density at radius 3 is 2.48 bits per heavy atom. The fourth-order valence-corrected chi connectivity index (χ4v) is 1.66. The second kappa shape index (κ2) is 6.21. The number of carbonyl (C=O) groups is 1. The molecular formula is C15H13F2NO3. The van der Waals surface area contributed by atoms with Crippen LogP contribution < -0.4 is 10.5 Å². The molecule has 0 aliphatic heterocycles. The number of nitrogen functional groups attached to an aromatic ring is 1. The van der Waals surface area contributed by atoms with E-state index < -0.39 is 17.6 Å². The van der Waals surface area contributed by atoms with Gasteiger partial charge in [-0.05, 0) is 31.2 Å². The Morgan fingerprint density at radius 1 is 1.19 bits per heavy atom. The number of rotatable bonds is 4. The molecule has 0 atom stereocenters. The van der Waals surface area contributed by atoms with Crippen molar-refractivity contribution in [2.75, 3.05) is 12.3 Å². The van der Waals surface area contributed by atoms with Crippen LogP contribution in [0.1, 0.15) is 17.3 Å². The van der Waals surface area contributed by atoms with Crippen LogP contribution in [-0.2, 0) is 4.74 Å². The summed E-state index contributed by atoms with van der Waals surface area (Å²) >= 11 is 0. The Morgan fingerprint density at radius 2 is 1.86 bits per heavy atom. The lowest BCUT2D eigenvalue weighted by Crippen LogP contribution is -2.09. The molecule has 2 aromatic rings. The normalized spacial score (nSPS) is 10.2. The molecule has 0 unspecified atom stereocenters. The van der Waals surface area contributed by atoms with Gasteiger partial charge in [-0.25, -0.2) is 13.6 Å². The van der Waals surface area contributed by atoms with Crippen molar-refractivity contribution < 1.29 is 23.0 Å². The van der Waals surface area contributed by atoms with Gasteiger partial charge in [0.15, 0.2) is 11.6 Å². The second-order valence-corrected chi connectivity index (χ2v) is 4.15. The molecule has 0 saturated carbocycles. The molecule has 6 heteroatoms. The fraction of sp³-hybridized carbons (Fsp3) is 0.133. The predicted molar refractivity (Wildman–Crippen MR) is 73.2 cm³/mol. The molecule has 0 heterocycles. The third-order valence-corrected chi connectivity index (χ3v) is 2.64. The zero-order chi connectivity index (χ0) is 15.4. The summed E-state index contributed by atoms with van der Waals surface area (Å²) in [7, 11) is 0. The zero-order valence-corrected chi connectivity index (χ0v) is 11.2. The van der Waals surface area contributed by atoms with E-state index in [1.54, 1.807) is 6.92 Å². The average Bonchev–Trinajstić information content (AvgIpc) is 2.44. The summed E-state index contributed by atoms with van der Waals surface area (Å²) in [6, 6.07) is 7.18. The lowest BCUT2D eigenvalue weighted by Gasteiger charge is -2.10. The van der Waals surface area contributed by atoms with E-state index in [0.717, 1.165) is 12.1 Å². The maximum atomic E-state index is 13.8. The molecule has 0 spiro atoms. The molecule has 0 amide bonds. The van der Waals surface area contributed by atoms with Crippen molar-refractivity contribution in [1.29, 1.82) is 0 Å². The van der Waals surface area contributed by atoms with Crippen LogP contribution in [0.4, 0.5) is 14.5 Å². The van der Waals surface area contributed by atoms with Gasteiger partial charge >= 0.3 is 5.97 Å². The molecule has 4 nitrogen and oxygen atoms in total. The SMILES string of the molecule is CCOC(=O)c1cc(Oc2ccc(F)cc2)c(F)cc1N. The molecule has 21 heavy (non-hydrogen) atoms. The number of hydrogen-bond acceptors (Lipinski definition) is 4. The molecular weight excluding hydrogens is 280 g/mol. The summed E-state index contributed by atoms with van der Waals surface area (Å²) in [6.45, 7) is 1.82. The van der Waals surface area contributed by atoms with Gasteiger partial charge < -0.3 is 15.2 Å². The third kappa shape index (κ3) is 3.47. The Kier molecular flexibility index (Phi) is 4.37. The molecule has 2 rings (SSSR count). The lowest BCUT2D eigenvalue weighted by atomic mass is 10.1. The van der Waals surface area contributed by atoms with Crippen molar-refractivity contribution in [2.24, 2.45) is 0 Å². The third-order valence-electron chi connectivity index (χ3n) is 2.64. The summed E-state index contributed by atoms with van der Waals surface area (Å²) in [5.41, 5.74) is 5.55. The first kappa shape index (κ1) is 14.8. The largest absolute Gasteiger partial charge is 0.462 e. The van der Waals surface area contributed by atoms with Crippen LogP contribution in [0.2, 0.25) is 0 Å². The quantitative estimate of drug-likeness (QED) is 0.692. The van der Waals surface area contributed by atoms with Gasteiger partial charge in [-0.2, -0.15) is 0 Å². The Hall–Kier alpha value is -2.63. The molecule has 0 saturated heterocycles. The molecule has 2 aromatic carbocycles. The van der Waals surface area contributed by atoms with E-state index in [2.05, 4.69) is 0 Å². The minimum atomic E-state index is -0.732. The number of benzene rings is 2. The van der Waals surface area contributed by atoms with E-state index in [0.29, 0.717) is 0 Å². The van der Waals surface area contributed by atoms with E-state index in [1.807, 2.05) is 0 Å². The number of esters is 1. The van der Waals surface area contributed by atoms with E-state index in [9.17, 15) is 13.6 Å². The van der Waals surface area contributed by atoms with Gasteiger partial charge in [0.2, 0.25) is 0 Å². The molecule has 2 N–H and O–H groups in total. The number of anilines is 1. The monoisotopic (exact) mass is 293 g/mol. The standard InChI is InChI=1S/C15H13F2NO3/c1-2-20-15(19)11-7-14(12(17)8-13(11)18)21-10-5-3-9(16)4-6-10/h3-8H,2,18H2,1H3. The highest BCUT2D eigenvalue weighted by molar-refractivity contribution is 5.95. The highest BCUT2D eigenvalue weighted by Crippen LogP contribution is 2.29. The first-order valence-electron chi connectivity index (χ1n) is 6.20. The second-order valence-electron chi connectivity index (χ2n) is 4.15. The topological polar surface area (TPSA) is 61.5 Å². The maximum Gasteiger partial charge on any atom is 0.340 e. The number of carbonyl (C=O) groups excluding carboxylic acids is 1. The summed E-state index contributed by atoms with van der Waals surface area (Å²) in [4.78, 5) is 11.7. The highest BCUT2D eigenvalue weighted by atomic mass is 19.1. The van der Waals surface area contributed by atoms with Crippen molar-refractivity contribution in [1.82, 2.24) is 0 Å². The molecule has 110 valence electrons. The smallest absolute Gasteiger partial charge is 0.340 e. The van der Waals surface area contributed by atoms with E-state index >= 15 is 0 Å². The van der Waals surface area contributed by atoms with Crippen molar-refractivity contribution in [3.8, 4) is 11.5 Å². The summed E-state index contributed by atoms with van der Waals surface area (Å²) in [5.74, 6) is -1.80. The molecule has 0 aliphatic carbocycles. The van der Waals surface area contributed by atoms with Gasteiger partial charge in [-0.3, -0.25) is 0 Å². The molecule has 0 aromatic heterocycles. The first-order valence-corrected chi connectivity index (χ1v) is 6.20. The van der Waals surface area contributed by atoms with Crippen LogP contribution in [0.3, 0.4) is 0 Å². The zero-order valence-electron chi connectivity index (χ0n) is 11.2. The van der Waals surface area contributed by atoms with E-state index in [1.165, 1.54) is 24.3 Å². The Bertz CT molecular complexity index is 657. The van der Waals surface area contributed by atoms with Gasteiger partial charge in [0, 0.05) is 17.8 Å². The number of ether oxygens (including phenoxy) is 2. The van der Waals surface area contributed by atoms with Crippen LogP contribution in [0, 0.1) is 11.6 Å². The van der Waals surface area contributed by atoms with Crippen LogP contribution >= 0.6 is 0 Å². The van der Waals surface area contributed by atoms with Crippen molar-refractivity contribution in [2.45, 2.75) is 6.92 Å². The van der Waals surface area contributed by atoms with Crippen LogP contribution in [0.25, 0.3) is 0 Å². The van der Waals surface area contributed by atoms with Crippen LogP contribution in [0.15, 0.2) is 36.4 Å². The van der Waals surface area contributed by atoms with E-state index in [-0.39, 0.29) is 29.4 Å². The van der Waals surface area contributed by atoms with Crippen molar-refractivity contribution >= 4 is 11.7 Å². The van der Waals surface area contributed by atoms with Gasteiger partial charge in [0.25, 0.3) is 0 Å². The highest BCUT2D eigenvalue weighted by Gasteiger charge is 2.16. The minimum Gasteiger partial charge on any atom is -0.462 e. The molecule has 0 fully saturated rings.